The van der Waals surface area contributed by atoms with Gasteiger partial charge in [0.15, 0.2) is 34.9 Å². The van der Waals surface area contributed by atoms with Crippen LogP contribution in [0, 0.1) is 0 Å². The lowest BCUT2D eigenvalue weighted by Gasteiger charge is -2.27. The highest BCUT2D eigenvalue weighted by molar-refractivity contribution is 5.90. The molecule has 0 aromatic heterocycles. The van der Waals surface area contributed by atoms with Gasteiger partial charge in [-0.05, 0) is 12.1 Å². The molecule has 8 nitrogen and oxygen atoms in total. The number of fused-ring (bicyclic) bond motifs is 2. The Hall–Kier alpha value is -3.29. The van der Waals surface area contributed by atoms with Gasteiger partial charge >= 0.3 is 0 Å². The normalized spacial score (nSPS) is 17.5. The molecule has 0 fully saturated rings. The number of rotatable bonds is 3. The zero-order chi connectivity index (χ0) is 18.4. The third kappa shape index (κ3) is 2.33. The first-order valence-corrected chi connectivity index (χ1v) is 7.82. The molecule has 0 spiro atoms. The molecule has 0 radical (unpaired) electrons. The molecule has 0 aliphatic carbocycles. The molecule has 26 heavy (non-hydrogen) atoms. The van der Waals surface area contributed by atoms with Crippen LogP contribution >= 0.6 is 0 Å². The zero-order valence-electron chi connectivity index (χ0n) is 14.1. The number of ketones is 1. The topological polar surface area (TPSA) is 104 Å². The van der Waals surface area contributed by atoms with E-state index in [9.17, 15) is 15.0 Å². The van der Waals surface area contributed by atoms with E-state index in [2.05, 4.69) is 0 Å². The molecule has 2 aliphatic rings. The number of Topliss-reactive ketones (excluding diaryl/α,β-unsaturated/α-hetero) is 1. The van der Waals surface area contributed by atoms with Crippen molar-refractivity contribution in [3.63, 3.8) is 0 Å². The molecule has 0 saturated carbocycles. The van der Waals surface area contributed by atoms with E-state index in [4.69, 9.17) is 23.7 Å². The molecule has 2 aromatic carbocycles. The number of hydrogen-bond donors (Lipinski definition) is 2. The molecule has 0 saturated heterocycles. The summed E-state index contributed by atoms with van der Waals surface area (Å²) in [7, 11) is 2.80. The fraction of sp³-hybridized carbons (Fsp3) is 0.278. The van der Waals surface area contributed by atoms with Crippen LogP contribution in [0.4, 0.5) is 0 Å². The monoisotopic (exact) mass is 360 g/mol. The minimum Gasteiger partial charge on any atom is -0.504 e. The third-order valence-electron chi connectivity index (χ3n) is 4.37. The molecule has 1 unspecified atom stereocenters. The van der Waals surface area contributed by atoms with Gasteiger partial charge < -0.3 is 33.9 Å². The van der Waals surface area contributed by atoms with Gasteiger partial charge in [0.2, 0.25) is 18.3 Å². The average molecular weight is 360 g/mol. The van der Waals surface area contributed by atoms with Crippen LogP contribution in [-0.2, 0) is 11.2 Å². The number of phenols is 2. The summed E-state index contributed by atoms with van der Waals surface area (Å²) in [5.41, 5.74) is 0.796. The summed E-state index contributed by atoms with van der Waals surface area (Å²) in [5.74, 6) is 0.629. The third-order valence-corrected chi connectivity index (χ3v) is 4.37. The highest BCUT2D eigenvalue weighted by Crippen LogP contribution is 2.49. The molecule has 4 rings (SSSR count). The lowest BCUT2D eigenvalue weighted by molar-refractivity contribution is -0.126. The van der Waals surface area contributed by atoms with Gasteiger partial charge in [-0.3, -0.25) is 4.79 Å². The lowest BCUT2D eigenvalue weighted by atomic mass is 9.94. The number of methoxy groups -OCH3 is 2. The van der Waals surface area contributed by atoms with Gasteiger partial charge in [0, 0.05) is 23.6 Å². The second-order valence-electron chi connectivity index (χ2n) is 5.85. The Balaban J connectivity index is 1.76. The molecule has 2 N–H and O–H groups in total. The van der Waals surface area contributed by atoms with E-state index in [1.807, 2.05) is 0 Å². The molecular weight excluding hydrogens is 344 g/mol. The van der Waals surface area contributed by atoms with E-state index in [1.54, 1.807) is 12.1 Å². The second-order valence-corrected chi connectivity index (χ2v) is 5.85. The maximum absolute atomic E-state index is 12.6. The number of carbonyl (C=O) groups is 1. The molecular formula is C18H16O8. The summed E-state index contributed by atoms with van der Waals surface area (Å²) < 4.78 is 26.8. The number of phenolic OH excluding ortho intramolecular Hbond substituents is 2. The number of carbonyl (C=O) groups excluding carboxylic acids is 1. The van der Waals surface area contributed by atoms with Gasteiger partial charge in [-0.2, -0.15) is 0 Å². The zero-order valence-corrected chi connectivity index (χ0v) is 14.1. The smallest absolute Gasteiger partial charge is 0.231 e. The maximum Gasteiger partial charge on any atom is 0.231 e. The first kappa shape index (κ1) is 16.2. The SMILES string of the molecule is COc1cc(C2Oc3cc(O)c(OC)c(O)c3CC2=O)cc2c1OCO2. The Morgan fingerprint density at radius 1 is 1.08 bits per heavy atom. The number of hydrogen-bond acceptors (Lipinski definition) is 8. The quantitative estimate of drug-likeness (QED) is 0.858. The lowest BCUT2D eigenvalue weighted by Crippen LogP contribution is -2.26. The van der Waals surface area contributed by atoms with Crippen molar-refractivity contribution in [3.8, 4) is 40.2 Å². The first-order valence-electron chi connectivity index (χ1n) is 7.82. The first-order chi connectivity index (χ1) is 12.5. The summed E-state index contributed by atoms with van der Waals surface area (Å²) in [6.07, 6.45) is -1.00. The van der Waals surface area contributed by atoms with Gasteiger partial charge in [-0.25, -0.2) is 0 Å². The fourth-order valence-corrected chi connectivity index (χ4v) is 3.14. The van der Waals surface area contributed by atoms with Crippen LogP contribution in [0.3, 0.4) is 0 Å². The van der Waals surface area contributed by atoms with Crippen molar-refractivity contribution < 1.29 is 38.7 Å². The molecule has 0 bridgehead atoms. The van der Waals surface area contributed by atoms with Crippen LogP contribution in [0.2, 0.25) is 0 Å². The van der Waals surface area contributed by atoms with Crippen LogP contribution in [-0.4, -0.2) is 37.0 Å². The standard InChI is InChI=1S/C18H16O8/c1-22-13-3-8(4-14-18(13)25-7-24-14)16-10(19)5-9-12(26-16)6-11(20)17(23-2)15(9)21/h3-4,6,16,20-21H,5,7H2,1-2H3. The van der Waals surface area contributed by atoms with Gasteiger partial charge in [0.1, 0.15) is 5.75 Å². The molecule has 0 amide bonds. The summed E-state index contributed by atoms with van der Waals surface area (Å²) in [5, 5.41) is 20.2. The average Bonchev–Trinajstić information content (AvgIpc) is 3.10. The van der Waals surface area contributed by atoms with Gasteiger partial charge in [0.05, 0.1) is 14.2 Å². The van der Waals surface area contributed by atoms with Crippen molar-refractivity contribution in [2.75, 3.05) is 21.0 Å². The summed E-state index contributed by atoms with van der Waals surface area (Å²) in [6.45, 7) is 0.0684. The van der Waals surface area contributed by atoms with Crippen molar-refractivity contribution in [3.05, 3.63) is 29.3 Å². The van der Waals surface area contributed by atoms with Gasteiger partial charge in [-0.15, -0.1) is 0 Å². The molecule has 8 heteroatoms. The minimum atomic E-state index is -0.932. The Bertz CT molecular complexity index is 905. The summed E-state index contributed by atoms with van der Waals surface area (Å²) in [4.78, 5) is 12.6. The van der Waals surface area contributed by atoms with Crippen molar-refractivity contribution in [2.45, 2.75) is 12.5 Å². The Kier molecular flexibility index (Phi) is 3.68. The van der Waals surface area contributed by atoms with Crippen LogP contribution in [0.25, 0.3) is 0 Å². The molecule has 2 aromatic rings. The molecule has 2 heterocycles. The highest BCUT2D eigenvalue weighted by Gasteiger charge is 2.35. The van der Waals surface area contributed by atoms with E-state index >= 15 is 0 Å². The van der Waals surface area contributed by atoms with E-state index in [0.29, 0.717) is 22.8 Å². The van der Waals surface area contributed by atoms with Gasteiger partial charge in [0.25, 0.3) is 0 Å². The number of aromatic hydroxyl groups is 2. The molecule has 2 aliphatic heterocycles. The van der Waals surface area contributed by atoms with E-state index in [-0.39, 0.29) is 47.6 Å². The summed E-state index contributed by atoms with van der Waals surface area (Å²) >= 11 is 0. The predicted molar refractivity (Wildman–Crippen MR) is 87.5 cm³/mol. The van der Waals surface area contributed by atoms with E-state index in [0.717, 1.165) is 0 Å². The largest absolute Gasteiger partial charge is 0.504 e. The van der Waals surface area contributed by atoms with Crippen LogP contribution in [0.15, 0.2) is 18.2 Å². The Morgan fingerprint density at radius 2 is 1.88 bits per heavy atom. The second kappa shape index (κ2) is 5.91. The Morgan fingerprint density at radius 3 is 2.62 bits per heavy atom. The van der Waals surface area contributed by atoms with Crippen LogP contribution in [0.5, 0.6) is 40.2 Å². The van der Waals surface area contributed by atoms with Crippen molar-refractivity contribution >= 4 is 5.78 Å². The number of ether oxygens (including phenoxy) is 5. The molecule has 136 valence electrons. The fourth-order valence-electron chi connectivity index (χ4n) is 3.14. The van der Waals surface area contributed by atoms with Crippen molar-refractivity contribution in [1.82, 2.24) is 0 Å². The van der Waals surface area contributed by atoms with E-state index in [1.165, 1.54) is 20.3 Å². The predicted octanol–water partition coefficient (Wildman–Crippen LogP) is 2.09. The maximum atomic E-state index is 12.6. The minimum absolute atomic E-state index is 0.0684. The highest BCUT2D eigenvalue weighted by atomic mass is 16.7. The van der Waals surface area contributed by atoms with Gasteiger partial charge in [-0.1, -0.05) is 0 Å². The Labute approximate surface area is 148 Å². The summed E-state index contributed by atoms with van der Waals surface area (Å²) in [6, 6.07) is 4.61. The van der Waals surface area contributed by atoms with Crippen molar-refractivity contribution in [1.29, 1.82) is 0 Å². The van der Waals surface area contributed by atoms with Crippen LogP contribution in [0.1, 0.15) is 17.2 Å². The van der Waals surface area contributed by atoms with Crippen LogP contribution < -0.4 is 23.7 Å². The number of benzene rings is 2. The molecule has 1 atom stereocenters. The van der Waals surface area contributed by atoms with Crippen molar-refractivity contribution in [2.24, 2.45) is 0 Å². The van der Waals surface area contributed by atoms with E-state index < -0.39 is 6.10 Å².